The van der Waals surface area contributed by atoms with Gasteiger partial charge in [0, 0.05) is 11.6 Å². The molecule has 33 heavy (non-hydrogen) atoms. The zero-order valence-corrected chi connectivity index (χ0v) is 18.6. The molecule has 1 amide bonds. The number of nitrogens with zero attached hydrogens (tertiary/aromatic N) is 1. The third kappa shape index (κ3) is 4.70. The van der Waals surface area contributed by atoms with Crippen molar-refractivity contribution in [2.75, 3.05) is 4.72 Å². The molecule has 0 aliphatic carbocycles. The second-order valence-corrected chi connectivity index (χ2v) is 9.09. The topological polar surface area (TPSA) is 88.2 Å². The van der Waals surface area contributed by atoms with Gasteiger partial charge in [-0.05, 0) is 36.2 Å². The third-order valence-electron chi connectivity index (χ3n) is 5.29. The Hall–Kier alpha value is -3.78. The lowest BCUT2D eigenvalue weighted by Crippen LogP contribution is -2.30. The Morgan fingerprint density at radius 3 is 2.45 bits per heavy atom. The van der Waals surface area contributed by atoms with Crippen LogP contribution in [-0.4, -0.2) is 19.3 Å². The van der Waals surface area contributed by atoms with Gasteiger partial charge in [0.1, 0.15) is 10.7 Å². The molecule has 2 N–H and O–H groups in total. The number of carbonyl (C=O) groups is 1. The standard InChI is InChI=1S/C25H22FN3O3S/c1-2-20(17-9-4-3-5-10-17)28-25(30)23-19(26)13-7-14-21(23)29-33(31,32)22-15-6-11-18-12-8-16-27-24(18)22/h3-16,20,29H,2H2,1H3,(H,28,30)/t20-/m0/s1. The third-order valence-corrected chi connectivity index (χ3v) is 6.68. The van der Waals surface area contributed by atoms with Gasteiger partial charge in [-0.15, -0.1) is 0 Å². The number of carbonyl (C=O) groups excluding carboxylic acids is 1. The SMILES string of the molecule is CC[C@H](NC(=O)c1c(F)cccc1NS(=O)(=O)c1cccc2cccnc12)c1ccccc1. The van der Waals surface area contributed by atoms with E-state index in [1.807, 2.05) is 37.3 Å². The highest BCUT2D eigenvalue weighted by atomic mass is 32.2. The number of benzene rings is 3. The van der Waals surface area contributed by atoms with Gasteiger partial charge in [0.05, 0.1) is 22.8 Å². The highest BCUT2D eigenvalue weighted by molar-refractivity contribution is 7.93. The highest BCUT2D eigenvalue weighted by Crippen LogP contribution is 2.27. The van der Waals surface area contributed by atoms with Gasteiger partial charge in [-0.1, -0.05) is 61.5 Å². The average molecular weight is 464 g/mol. The van der Waals surface area contributed by atoms with E-state index < -0.39 is 21.7 Å². The van der Waals surface area contributed by atoms with E-state index in [2.05, 4.69) is 15.0 Å². The number of nitrogens with one attached hydrogen (secondary N) is 2. The minimum absolute atomic E-state index is 0.0630. The van der Waals surface area contributed by atoms with E-state index in [0.29, 0.717) is 11.8 Å². The normalized spacial score (nSPS) is 12.3. The van der Waals surface area contributed by atoms with Crippen molar-refractivity contribution < 1.29 is 17.6 Å². The van der Waals surface area contributed by atoms with Gasteiger partial charge in [0.15, 0.2) is 0 Å². The number of fused-ring (bicyclic) bond motifs is 1. The van der Waals surface area contributed by atoms with Gasteiger partial charge in [0.2, 0.25) is 0 Å². The molecule has 0 saturated heterocycles. The maximum absolute atomic E-state index is 14.8. The molecule has 0 unspecified atom stereocenters. The Balaban J connectivity index is 1.69. The number of pyridine rings is 1. The minimum atomic E-state index is -4.16. The molecule has 4 aromatic rings. The first-order valence-electron chi connectivity index (χ1n) is 10.4. The molecule has 0 bridgehead atoms. The maximum atomic E-state index is 14.8. The van der Waals surface area contributed by atoms with Gasteiger partial charge in [-0.25, -0.2) is 12.8 Å². The van der Waals surface area contributed by atoms with E-state index in [9.17, 15) is 17.6 Å². The minimum Gasteiger partial charge on any atom is -0.345 e. The average Bonchev–Trinajstić information content (AvgIpc) is 2.82. The van der Waals surface area contributed by atoms with Gasteiger partial charge >= 0.3 is 0 Å². The molecule has 0 radical (unpaired) electrons. The highest BCUT2D eigenvalue weighted by Gasteiger charge is 2.25. The molecule has 4 rings (SSSR count). The molecule has 168 valence electrons. The first-order valence-corrected chi connectivity index (χ1v) is 11.9. The van der Waals surface area contributed by atoms with Crippen molar-refractivity contribution in [3.8, 4) is 0 Å². The fourth-order valence-electron chi connectivity index (χ4n) is 3.67. The zero-order valence-electron chi connectivity index (χ0n) is 17.8. The molecule has 8 heteroatoms. The van der Waals surface area contributed by atoms with Crippen LogP contribution in [0.2, 0.25) is 0 Å². The number of rotatable bonds is 7. The largest absolute Gasteiger partial charge is 0.345 e. The number of sulfonamides is 1. The fraction of sp³-hybridized carbons (Fsp3) is 0.120. The van der Waals surface area contributed by atoms with Crippen LogP contribution in [0.1, 0.15) is 35.3 Å². The Morgan fingerprint density at radius 1 is 0.970 bits per heavy atom. The number of hydrogen-bond donors (Lipinski definition) is 2. The van der Waals surface area contributed by atoms with Crippen molar-refractivity contribution >= 4 is 32.5 Å². The second kappa shape index (κ2) is 9.38. The van der Waals surface area contributed by atoms with Crippen molar-refractivity contribution in [3.63, 3.8) is 0 Å². The molecule has 0 saturated carbocycles. The van der Waals surface area contributed by atoms with Crippen LogP contribution in [0.5, 0.6) is 0 Å². The van der Waals surface area contributed by atoms with Crippen LogP contribution in [0.15, 0.2) is 90.0 Å². The maximum Gasteiger partial charge on any atom is 0.264 e. The monoisotopic (exact) mass is 463 g/mol. The molecule has 0 aliphatic rings. The summed E-state index contributed by atoms with van der Waals surface area (Å²) in [4.78, 5) is 17.2. The summed E-state index contributed by atoms with van der Waals surface area (Å²) >= 11 is 0. The smallest absolute Gasteiger partial charge is 0.264 e. The summed E-state index contributed by atoms with van der Waals surface area (Å²) in [5, 5.41) is 3.45. The second-order valence-electron chi connectivity index (χ2n) is 7.44. The molecule has 0 spiro atoms. The fourth-order valence-corrected chi connectivity index (χ4v) is 4.92. The van der Waals surface area contributed by atoms with Crippen molar-refractivity contribution in [1.29, 1.82) is 0 Å². The van der Waals surface area contributed by atoms with Gasteiger partial charge in [-0.3, -0.25) is 14.5 Å². The van der Waals surface area contributed by atoms with Crippen LogP contribution in [0.3, 0.4) is 0 Å². The number of anilines is 1. The van der Waals surface area contributed by atoms with Crippen LogP contribution in [0.25, 0.3) is 10.9 Å². The van der Waals surface area contributed by atoms with Crippen molar-refractivity contribution in [3.05, 3.63) is 102 Å². The number of amides is 1. The van der Waals surface area contributed by atoms with E-state index in [4.69, 9.17) is 0 Å². The van der Waals surface area contributed by atoms with Crippen LogP contribution < -0.4 is 10.0 Å². The molecular formula is C25H22FN3O3S. The quantitative estimate of drug-likeness (QED) is 0.401. The Morgan fingerprint density at radius 2 is 1.70 bits per heavy atom. The summed E-state index contributed by atoms with van der Waals surface area (Å²) in [7, 11) is -4.16. The first-order chi connectivity index (χ1) is 15.9. The molecule has 1 aromatic heterocycles. The summed E-state index contributed by atoms with van der Waals surface area (Å²) in [6.07, 6.45) is 2.07. The van der Waals surface area contributed by atoms with E-state index in [0.717, 1.165) is 11.6 Å². The zero-order chi connectivity index (χ0) is 23.4. The first kappa shape index (κ1) is 22.4. The Kier molecular flexibility index (Phi) is 6.37. The lowest BCUT2D eigenvalue weighted by Gasteiger charge is -2.19. The molecule has 0 aliphatic heterocycles. The number of halogens is 1. The molecule has 6 nitrogen and oxygen atoms in total. The number of aromatic nitrogens is 1. The Labute approximate surface area is 191 Å². The summed E-state index contributed by atoms with van der Waals surface area (Å²) in [6.45, 7) is 1.90. The van der Waals surface area contributed by atoms with Crippen molar-refractivity contribution in [2.24, 2.45) is 0 Å². The predicted octanol–water partition coefficient (Wildman–Crippen LogP) is 5.06. The lowest BCUT2D eigenvalue weighted by molar-refractivity contribution is 0.0932. The van der Waals surface area contributed by atoms with Crippen LogP contribution in [-0.2, 0) is 10.0 Å². The van der Waals surface area contributed by atoms with E-state index in [1.54, 1.807) is 24.3 Å². The molecule has 3 aromatic carbocycles. The van der Waals surface area contributed by atoms with E-state index >= 15 is 0 Å². The molecule has 1 atom stereocenters. The lowest BCUT2D eigenvalue weighted by atomic mass is 10.0. The molecular weight excluding hydrogens is 441 g/mol. The van der Waals surface area contributed by atoms with E-state index in [-0.39, 0.29) is 27.7 Å². The molecule has 1 heterocycles. The Bertz CT molecular complexity index is 1400. The predicted molar refractivity (Wildman–Crippen MR) is 126 cm³/mol. The van der Waals surface area contributed by atoms with Crippen molar-refractivity contribution in [2.45, 2.75) is 24.3 Å². The summed E-state index contributed by atoms with van der Waals surface area (Å²) < 4.78 is 43.6. The van der Waals surface area contributed by atoms with Crippen LogP contribution >= 0.6 is 0 Å². The van der Waals surface area contributed by atoms with Crippen LogP contribution in [0, 0.1) is 5.82 Å². The van der Waals surface area contributed by atoms with Gasteiger partial charge in [-0.2, -0.15) is 0 Å². The van der Waals surface area contributed by atoms with Gasteiger partial charge < -0.3 is 5.32 Å². The molecule has 0 fully saturated rings. The summed E-state index contributed by atoms with van der Waals surface area (Å²) in [5.74, 6) is -1.54. The van der Waals surface area contributed by atoms with Crippen molar-refractivity contribution in [1.82, 2.24) is 10.3 Å². The number of para-hydroxylation sites is 1. The summed E-state index contributed by atoms with van der Waals surface area (Å²) in [6, 6.07) is 21.0. The summed E-state index contributed by atoms with van der Waals surface area (Å²) in [5.41, 5.74) is 0.630. The van der Waals surface area contributed by atoms with Gasteiger partial charge in [0.25, 0.3) is 15.9 Å². The van der Waals surface area contributed by atoms with Crippen LogP contribution in [0.4, 0.5) is 10.1 Å². The number of hydrogen-bond acceptors (Lipinski definition) is 4. The van der Waals surface area contributed by atoms with E-state index in [1.165, 1.54) is 24.4 Å².